The zero-order valence-electron chi connectivity index (χ0n) is 11.6. The molecule has 0 spiro atoms. The van der Waals surface area contributed by atoms with Crippen LogP contribution in [0.5, 0.6) is 5.75 Å². The maximum atomic E-state index is 5.78. The number of benzene rings is 1. The number of aromatic nitrogens is 2. The van der Waals surface area contributed by atoms with Crippen molar-refractivity contribution in [2.45, 2.75) is 6.42 Å². The van der Waals surface area contributed by atoms with Gasteiger partial charge in [0.2, 0.25) is 0 Å². The topological polar surface area (TPSA) is 50.6 Å². The standard InChI is InChI=1S/C15H16N4O/c1-19(2)10-18-15-12-7-8-20-13-6-4-3-5-11(13)14(12)16-9-17-15/h3-6,9-10H,7-8H2,1-2H3. The van der Waals surface area contributed by atoms with Crippen LogP contribution in [-0.2, 0) is 6.42 Å². The lowest BCUT2D eigenvalue weighted by Gasteiger charge is -2.08. The van der Waals surface area contributed by atoms with Gasteiger partial charge in [0.25, 0.3) is 0 Å². The van der Waals surface area contributed by atoms with E-state index in [0.29, 0.717) is 12.4 Å². The summed E-state index contributed by atoms with van der Waals surface area (Å²) in [5.74, 6) is 1.58. The first-order valence-electron chi connectivity index (χ1n) is 6.52. The zero-order valence-corrected chi connectivity index (χ0v) is 11.6. The molecule has 0 saturated carbocycles. The Morgan fingerprint density at radius 2 is 2.10 bits per heavy atom. The molecule has 1 aromatic carbocycles. The maximum Gasteiger partial charge on any atom is 0.160 e. The Kier molecular flexibility index (Phi) is 3.33. The summed E-state index contributed by atoms with van der Waals surface area (Å²) in [5, 5.41) is 0. The molecule has 0 N–H and O–H groups in total. The molecule has 0 saturated heterocycles. The molecule has 5 heteroatoms. The second-order valence-corrected chi connectivity index (χ2v) is 4.83. The van der Waals surface area contributed by atoms with Gasteiger partial charge in [-0.1, -0.05) is 12.1 Å². The number of hydrogen-bond acceptors (Lipinski definition) is 4. The van der Waals surface area contributed by atoms with Gasteiger partial charge in [-0.25, -0.2) is 15.0 Å². The summed E-state index contributed by atoms with van der Waals surface area (Å²) in [6.07, 6.45) is 4.06. The predicted molar refractivity (Wildman–Crippen MR) is 78.5 cm³/mol. The monoisotopic (exact) mass is 268 g/mol. The van der Waals surface area contributed by atoms with Crippen LogP contribution in [0.25, 0.3) is 11.3 Å². The number of aliphatic imine (C=N–C) groups is 1. The van der Waals surface area contributed by atoms with Crippen LogP contribution < -0.4 is 4.74 Å². The molecule has 1 aromatic heterocycles. The molecule has 0 fully saturated rings. The first kappa shape index (κ1) is 12.6. The Bertz CT molecular complexity index is 652. The highest BCUT2D eigenvalue weighted by molar-refractivity contribution is 5.74. The van der Waals surface area contributed by atoms with Crippen LogP contribution in [0.4, 0.5) is 5.82 Å². The van der Waals surface area contributed by atoms with E-state index in [9.17, 15) is 0 Å². The summed E-state index contributed by atoms with van der Waals surface area (Å²) in [6.45, 7) is 0.613. The van der Waals surface area contributed by atoms with Crippen molar-refractivity contribution in [1.82, 2.24) is 14.9 Å². The second-order valence-electron chi connectivity index (χ2n) is 4.83. The molecule has 0 radical (unpaired) electrons. The summed E-state index contributed by atoms with van der Waals surface area (Å²) in [6, 6.07) is 7.94. The van der Waals surface area contributed by atoms with E-state index in [4.69, 9.17) is 4.74 Å². The number of ether oxygens (including phenoxy) is 1. The van der Waals surface area contributed by atoms with E-state index in [-0.39, 0.29) is 0 Å². The Morgan fingerprint density at radius 1 is 1.25 bits per heavy atom. The van der Waals surface area contributed by atoms with Gasteiger partial charge in [-0.05, 0) is 12.1 Å². The van der Waals surface area contributed by atoms with Crippen molar-refractivity contribution >= 4 is 12.2 Å². The average molecular weight is 268 g/mol. The van der Waals surface area contributed by atoms with Gasteiger partial charge >= 0.3 is 0 Å². The third kappa shape index (κ3) is 2.34. The fraction of sp³-hybridized carbons (Fsp3) is 0.267. The van der Waals surface area contributed by atoms with Crippen LogP contribution in [0.2, 0.25) is 0 Å². The minimum absolute atomic E-state index is 0.613. The summed E-state index contributed by atoms with van der Waals surface area (Å²) in [7, 11) is 3.86. The highest BCUT2D eigenvalue weighted by Crippen LogP contribution is 2.36. The van der Waals surface area contributed by atoms with Gasteiger partial charge in [0.1, 0.15) is 12.1 Å². The van der Waals surface area contributed by atoms with Gasteiger partial charge in [-0.15, -0.1) is 0 Å². The van der Waals surface area contributed by atoms with Crippen LogP contribution in [0.3, 0.4) is 0 Å². The van der Waals surface area contributed by atoms with Crippen molar-refractivity contribution < 1.29 is 4.74 Å². The SMILES string of the molecule is CN(C)C=Nc1ncnc2c1CCOc1ccccc1-2. The molecule has 2 aromatic rings. The molecular formula is C15H16N4O. The zero-order chi connectivity index (χ0) is 13.9. The number of fused-ring (bicyclic) bond motifs is 3. The van der Waals surface area contributed by atoms with E-state index in [1.807, 2.05) is 43.3 Å². The summed E-state index contributed by atoms with van der Waals surface area (Å²) < 4.78 is 5.78. The molecule has 0 unspecified atom stereocenters. The van der Waals surface area contributed by atoms with E-state index in [0.717, 1.165) is 29.0 Å². The Hall–Kier alpha value is -2.43. The maximum absolute atomic E-state index is 5.78. The molecule has 5 nitrogen and oxygen atoms in total. The largest absolute Gasteiger partial charge is 0.493 e. The number of para-hydroxylation sites is 1. The van der Waals surface area contributed by atoms with Gasteiger partial charge in [0, 0.05) is 31.6 Å². The molecular weight excluding hydrogens is 252 g/mol. The third-order valence-electron chi connectivity index (χ3n) is 3.09. The number of hydrogen-bond donors (Lipinski definition) is 0. The lowest BCUT2D eigenvalue weighted by molar-refractivity contribution is 0.326. The quantitative estimate of drug-likeness (QED) is 0.619. The molecule has 20 heavy (non-hydrogen) atoms. The van der Waals surface area contributed by atoms with Gasteiger partial charge in [-0.2, -0.15) is 0 Å². The molecule has 3 rings (SSSR count). The summed E-state index contributed by atoms with van der Waals surface area (Å²) in [4.78, 5) is 15.0. The smallest absolute Gasteiger partial charge is 0.160 e. The summed E-state index contributed by atoms with van der Waals surface area (Å²) in [5.41, 5.74) is 2.96. The van der Waals surface area contributed by atoms with Gasteiger partial charge in [0.15, 0.2) is 5.82 Å². The molecule has 1 aliphatic heterocycles. The molecule has 0 aliphatic carbocycles. The Labute approximate surface area is 118 Å². The Morgan fingerprint density at radius 3 is 2.95 bits per heavy atom. The van der Waals surface area contributed by atoms with E-state index < -0.39 is 0 Å². The predicted octanol–water partition coefficient (Wildman–Crippen LogP) is 2.30. The van der Waals surface area contributed by atoms with Crippen LogP contribution in [-0.4, -0.2) is 41.9 Å². The van der Waals surface area contributed by atoms with Crippen molar-refractivity contribution in [3.8, 4) is 17.0 Å². The minimum Gasteiger partial charge on any atom is -0.493 e. The molecule has 0 amide bonds. The number of rotatable bonds is 2. The number of nitrogens with zero attached hydrogens (tertiary/aromatic N) is 4. The normalized spacial score (nSPS) is 13.3. The Balaban J connectivity index is 2.13. The van der Waals surface area contributed by atoms with E-state index >= 15 is 0 Å². The van der Waals surface area contributed by atoms with Crippen molar-refractivity contribution in [2.24, 2.45) is 4.99 Å². The van der Waals surface area contributed by atoms with Crippen LogP contribution in [0.15, 0.2) is 35.6 Å². The fourth-order valence-corrected chi connectivity index (χ4v) is 2.20. The second kappa shape index (κ2) is 5.28. The highest BCUT2D eigenvalue weighted by atomic mass is 16.5. The van der Waals surface area contributed by atoms with Crippen LogP contribution in [0.1, 0.15) is 5.56 Å². The average Bonchev–Trinajstić information content (AvgIpc) is 2.65. The van der Waals surface area contributed by atoms with Crippen molar-refractivity contribution in [1.29, 1.82) is 0 Å². The molecule has 102 valence electrons. The van der Waals surface area contributed by atoms with Crippen molar-refractivity contribution in [3.63, 3.8) is 0 Å². The van der Waals surface area contributed by atoms with Gasteiger partial charge < -0.3 is 9.64 Å². The van der Waals surface area contributed by atoms with Crippen molar-refractivity contribution in [3.05, 3.63) is 36.2 Å². The molecule has 1 aliphatic rings. The van der Waals surface area contributed by atoms with Gasteiger partial charge in [-0.3, -0.25) is 0 Å². The lowest BCUT2D eigenvalue weighted by atomic mass is 10.0. The first-order chi connectivity index (χ1) is 9.75. The van der Waals surface area contributed by atoms with E-state index in [1.165, 1.54) is 0 Å². The van der Waals surface area contributed by atoms with E-state index in [2.05, 4.69) is 15.0 Å². The summed E-state index contributed by atoms with van der Waals surface area (Å²) >= 11 is 0. The molecule has 2 heterocycles. The third-order valence-corrected chi connectivity index (χ3v) is 3.09. The van der Waals surface area contributed by atoms with Crippen molar-refractivity contribution in [2.75, 3.05) is 20.7 Å². The highest BCUT2D eigenvalue weighted by Gasteiger charge is 2.19. The van der Waals surface area contributed by atoms with Gasteiger partial charge in [0.05, 0.1) is 18.6 Å². The lowest BCUT2D eigenvalue weighted by Crippen LogP contribution is -2.08. The van der Waals surface area contributed by atoms with E-state index in [1.54, 1.807) is 12.7 Å². The van der Waals surface area contributed by atoms with Crippen LogP contribution >= 0.6 is 0 Å². The molecule has 0 atom stereocenters. The minimum atomic E-state index is 0.613. The first-order valence-corrected chi connectivity index (χ1v) is 6.52. The molecule has 0 bridgehead atoms. The van der Waals surface area contributed by atoms with Crippen LogP contribution in [0, 0.1) is 0 Å². The fourth-order valence-electron chi connectivity index (χ4n) is 2.20.